The van der Waals surface area contributed by atoms with E-state index in [-0.39, 0.29) is 86.2 Å². The quantitative estimate of drug-likeness (QED) is 0.0490. The number of piperidine rings is 1. The lowest BCUT2D eigenvalue weighted by atomic mass is 9.90. The van der Waals surface area contributed by atoms with Gasteiger partial charge in [0.05, 0.1) is 53.2 Å². The number of nitrogens with zero attached hydrogens (tertiary/aromatic N) is 9. The van der Waals surface area contributed by atoms with Gasteiger partial charge in [-0.15, -0.1) is 68.0 Å². The lowest BCUT2D eigenvalue weighted by molar-refractivity contribution is -0.143. The molecule has 92 heavy (non-hydrogen) atoms. The molecule has 0 radical (unpaired) electrons. The number of hydrogen-bond donors (Lipinski definition) is 6. The summed E-state index contributed by atoms with van der Waals surface area (Å²) in [6.45, 7) is 8.02. The number of urea groups is 1. The van der Waals surface area contributed by atoms with Crippen molar-refractivity contribution in [3.8, 4) is 43.4 Å². The van der Waals surface area contributed by atoms with Crippen LogP contribution in [0.15, 0.2) is 64.0 Å². The van der Waals surface area contributed by atoms with Crippen LogP contribution in [0.2, 0.25) is 0 Å². The van der Waals surface area contributed by atoms with E-state index in [1.807, 2.05) is 61.9 Å². The number of ether oxygens (including phenoxy) is 1. The van der Waals surface area contributed by atoms with Crippen molar-refractivity contribution < 1.29 is 53.3 Å². The zero-order valence-corrected chi connectivity index (χ0v) is 55.9. The van der Waals surface area contributed by atoms with Gasteiger partial charge in [0.25, 0.3) is 11.8 Å². The minimum absolute atomic E-state index is 0.0107. The van der Waals surface area contributed by atoms with E-state index >= 15 is 0 Å². The lowest BCUT2D eigenvalue weighted by Crippen LogP contribution is -2.48. The predicted molar refractivity (Wildman–Crippen MR) is 353 cm³/mol. The minimum Gasteiger partial charge on any atom is -0.481 e. The highest BCUT2D eigenvalue weighted by molar-refractivity contribution is 7.15. The summed E-state index contributed by atoms with van der Waals surface area (Å²) >= 11 is 7.53. The van der Waals surface area contributed by atoms with Gasteiger partial charge in [0, 0.05) is 90.4 Å². The summed E-state index contributed by atoms with van der Waals surface area (Å²) in [5.74, 6) is -5.29. The Bertz CT molecular complexity index is 4020. The van der Waals surface area contributed by atoms with Gasteiger partial charge in [-0.3, -0.25) is 38.5 Å². The van der Waals surface area contributed by atoms with E-state index < -0.39 is 66.0 Å². The molecule has 4 atom stereocenters. The maximum absolute atomic E-state index is 14.5. The van der Waals surface area contributed by atoms with Crippen molar-refractivity contribution in [1.29, 1.82) is 0 Å². The third-order valence-electron chi connectivity index (χ3n) is 15.9. The van der Waals surface area contributed by atoms with E-state index in [0.29, 0.717) is 106 Å². The van der Waals surface area contributed by atoms with Crippen LogP contribution in [0.4, 0.5) is 10.6 Å². The summed E-state index contributed by atoms with van der Waals surface area (Å²) in [4.78, 5) is 147. The number of anilines is 1. The number of benzene rings is 1. The van der Waals surface area contributed by atoms with Crippen LogP contribution in [-0.4, -0.2) is 138 Å². The third kappa shape index (κ3) is 15.7. The number of aliphatic carboxylic acids is 2. The number of methoxy groups -OCH3 is 1. The van der Waals surface area contributed by atoms with Gasteiger partial charge in [-0.25, -0.2) is 39.7 Å². The molecule has 1 aromatic carbocycles. The van der Waals surface area contributed by atoms with Crippen molar-refractivity contribution in [2.24, 2.45) is 11.8 Å². The number of aryl methyl sites for hydroxylation is 1. The Kier molecular flexibility index (Phi) is 21.8. The van der Waals surface area contributed by atoms with Crippen LogP contribution in [-0.2, 0) is 30.5 Å². The molecule has 30 heteroatoms. The number of likely N-dealkylation sites (tertiary alicyclic amines) is 1. The van der Waals surface area contributed by atoms with Gasteiger partial charge in [-0.1, -0.05) is 57.5 Å². The molecule has 10 bridgehead atoms. The molecule has 6 amide bonds. The molecule has 482 valence electrons. The lowest BCUT2D eigenvalue weighted by Gasteiger charge is -2.34. The Labute approximate surface area is 553 Å². The monoisotopic (exact) mass is 1360 g/mol. The standard InChI is InChI=1S/C62H67N13O11S6/c1-31(2)37-23-43(76)50-33(4)91-59(72-50)39(24-46(77)63-5)66-53(81)41-28-87-55(68-41)36-16-17-38(57-70-45(30-90-57)75(20-12-8-11-15-48(79)80)62(85)74-21-18-35(19-22-74)61(83)84)65-51(36)40-27-88-58(67-40)42-29-89-60(69-42)49(32(3)34-13-9-7-10-14-34)71-47(78)25-64-54(82)52-44(26-86-6)92-56(37)73-52/h7,9-10,13-14,16-17,27-32,35,37,39,49H,8,11-12,15,18-26H2,1-6H3,(H,63,77)(H,64,82)(H,66,81)(H,71,78)(H,79,80)(H,83,84)/t32-,37?,39-,49-/m0/s1. The second-order valence-corrected chi connectivity index (χ2v) is 28.3. The number of carboxylic acids is 2. The van der Waals surface area contributed by atoms with Crippen molar-refractivity contribution in [3.05, 3.63) is 111 Å². The minimum atomic E-state index is -0.975. The van der Waals surface area contributed by atoms with E-state index in [1.54, 1.807) is 39.6 Å². The third-order valence-corrected chi connectivity index (χ3v) is 21.6. The van der Waals surface area contributed by atoms with E-state index in [1.165, 1.54) is 82.2 Å². The van der Waals surface area contributed by atoms with Crippen molar-refractivity contribution >= 4 is 121 Å². The van der Waals surface area contributed by atoms with Gasteiger partial charge in [0.15, 0.2) is 5.78 Å². The average molecular weight is 1360 g/mol. The molecule has 2 aliphatic heterocycles. The maximum Gasteiger partial charge on any atom is 0.325 e. The summed E-state index contributed by atoms with van der Waals surface area (Å²) in [6, 6.07) is 11.3. The first-order chi connectivity index (χ1) is 44.3. The Morgan fingerprint density at radius 3 is 2.16 bits per heavy atom. The molecular weight excluding hydrogens is 1300 g/mol. The molecule has 8 aromatic rings. The van der Waals surface area contributed by atoms with Crippen molar-refractivity contribution in [2.75, 3.05) is 45.2 Å². The fraction of sp³-hybridized carbons (Fsp3) is 0.403. The zero-order chi connectivity index (χ0) is 65.3. The first-order valence-corrected chi connectivity index (χ1v) is 34.9. The Morgan fingerprint density at radius 2 is 1.43 bits per heavy atom. The molecule has 1 saturated heterocycles. The molecular formula is C62H67N13O11S6. The number of carbonyl (C=O) groups is 8. The highest BCUT2D eigenvalue weighted by Crippen LogP contribution is 2.41. The van der Waals surface area contributed by atoms with Crippen LogP contribution in [0, 0.1) is 18.8 Å². The molecule has 0 spiro atoms. The number of Topliss-reactive ketones (excluding diaryl/α,β-unsaturated/α-hetero) is 1. The second kappa shape index (κ2) is 30.1. The van der Waals surface area contributed by atoms with Crippen LogP contribution in [0.3, 0.4) is 0 Å². The maximum atomic E-state index is 14.5. The smallest absolute Gasteiger partial charge is 0.325 e. The highest BCUT2D eigenvalue weighted by atomic mass is 32.1. The molecule has 1 fully saturated rings. The number of ketones is 1. The van der Waals surface area contributed by atoms with Gasteiger partial charge < -0.3 is 41.1 Å². The summed E-state index contributed by atoms with van der Waals surface area (Å²) in [5.41, 5.74) is 3.46. The SMILES string of the molecule is CNC(=O)C[C@@H]1NC(=O)c2csc(n2)-c2ccc(-c3nc(N(CCCCCC(=O)O)C(=O)N4CCC(C(=O)O)CC4)cs3)nc2-c2csc(n2)-c2csc(n2)[C@H]([C@@H](C)c2ccccc2)NC(=O)CNC(=O)c2nc(sc2COC)C(C(C)C)CC(=O)c2nc1sc2C. The highest BCUT2D eigenvalue weighted by Gasteiger charge is 2.35. The number of pyridine rings is 1. The molecule has 1 unspecified atom stereocenters. The fourth-order valence-electron chi connectivity index (χ4n) is 10.7. The van der Waals surface area contributed by atoms with Crippen molar-refractivity contribution in [1.82, 2.24) is 61.1 Å². The van der Waals surface area contributed by atoms with Crippen LogP contribution >= 0.6 is 68.0 Å². The van der Waals surface area contributed by atoms with E-state index in [4.69, 9.17) is 39.6 Å². The van der Waals surface area contributed by atoms with Crippen LogP contribution in [0.5, 0.6) is 0 Å². The first-order valence-electron chi connectivity index (χ1n) is 29.8. The Balaban J connectivity index is 1.04. The van der Waals surface area contributed by atoms with Gasteiger partial charge in [0.1, 0.15) is 65.0 Å². The predicted octanol–water partition coefficient (Wildman–Crippen LogP) is 10.6. The molecule has 9 heterocycles. The van der Waals surface area contributed by atoms with Crippen molar-refractivity contribution in [3.63, 3.8) is 0 Å². The van der Waals surface area contributed by atoms with Gasteiger partial charge in [-0.2, -0.15) is 0 Å². The number of thiazole rings is 6. The molecule has 0 aliphatic carbocycles. The number of aromatic nitrogens is 7. The normalized spacial score (nSPS) is 17.2. The summed E-state index contributed by atoms with van der Waals surface area (Å²) in [7, 11) is 2.98. The van der Waals surface area contributed by atoms with E-state index in [2.05, 4.69) is 21.3 Å². The average Bonchev–Trinajstić information content (AvgIpc) is 1.61. The molecule has 7 aromatic heterocycles. The molecule has 10 rings (SSSR count). The zero-order valence-electron chi connectivity index (χ0n) is 51.1. The Morgan fingerprint density at radius 1 is 0.728 bits per heavy atom. The number of carbonyl (C=O) groups excluding carboxylic acids is 6. The number of unbranched alkanes of at least 4 members (excludes halogenated alkanes) is 2. The number of fused-ring (bicyclic) bond motifs is 14. The van der Waals surface area contributed by atoms with E-state index in [0.717, 1.165) is 5.56 Å². The second-order valence-electron chi connectivity index (χ2n) is 22.5. The molecule has 24 nitrogen and oxygen atoms in total. The molecule has 2 aliphatic rings. The number of rotatable bonds is 16. The summed E-state index contributed by atoms with van der Waals surface area (Å²) in [6.07, 6.45) is 1.81. The molecule has 6 N–H and O–H groups in total. The van der Waals surface area contributed by atoms with Gasteiger partial charge >= 0.3 is 18.0 Å². The number of amides is 6. The summed E-state index contributed by atoms with van der Waals surface area (Å²) < 4.78 is 5.51. The number of carboxylic acid groups (broad SMARTS) is 2. The van der Waals surface area contributed by atoms with Gasteiger partial charge in [0.2, 0.25) is 11.8 Å². The largest absolute Gasteiger partial charge is 0.481 e. The van der Waals surface area contributed by atoms with Crippen molar-refractivity contribution in [2.45, 2.75) is 110 Å². The first kappa shape index (κ1) is 66.8. The van der Waals surface area contributed by atoms with Crippen LogP contribution in [0.25, 0.3) is 43.4 Å². The fourth-order valence-corrected chi connectivity index (χ4v) is 16.4. The van der Waals surface area contributed by atoms with Crippen LogP contribution < -0.4 is 26.2 Å². The number of hydrogen-bond acceptors (Lipinski definition) is 22. The summed E-state index contributed by atoms with van der Waals surface area (Å²) in [5, 5.41) is 40.3. The Hall–Kier alpha value is -8.13. The topological polar surface area (TPSA) is 331 Å². The number of nitrogens with one attached hydrogen (secondary N) is 4. The van der Waals surface area contributed by atoms with E-state index in [9.17, 15) is 48.6 Å². The van der Waals surface area contributed by atoms with Gasteiger partial charge in [-0.05, 0) is 56.2 Å². The molecule has 0 saturated carbocycles. The van der Waals surface area contributed by atoms with Crippen LogP contribution in [0.1, 0.15) is 158 Å².